The van der Waals surface area contributed by atoms with Gasteiger partial charge in [-0.1, -0.05) is 6.07 Å². The number of rotatable bonds is 2. The smallest absolute Gasteiger partial charge is 0.0960 e. The minimum absolute atomic E-state index is 0.465. The summed E-state index contributed by atoms with van der Waals surface area (Å²) in [5.74, 6) is 0. The number of aromatic nitrogens is 2. The number of benzene rings is 1. The van der Waals surface area contributed by atoms with Crippen molar-refractivity contribution in [3.8, 4) is 6.07 Å². The Morgan fingerprint density at radius 2 is 2.33 bits per heavy atom. The van der Waals surface area contributed by atoms with Crippen LogP contribution in [-0.2, 0) is 6.42 Å². The number of fused-ring (bicyclic) bond motifs is 1. The van der Waals surface area contributed by atoms with E-state index >= 15 is 0 Å². The van der Waals surface area contributed by atoms with Crippen LogP contribution >= 0.6 is 0 Å². The van der Waals surface area contributed by atoms with E-state index in [-0.39, 0.29) is 0 Å². The molecule has 0 bridgehead atoms. The van der Waals surface area contributed by atoms with Crippen LogP contribution in [0.4, 0.5) is 0 Å². The van der Waals surface area contributed by atoms with E-state index < -0.39 is 0 Å². The molecule has 1 aliphatic rings. The molecule has 2 aromatic rings. The summed E-state index contributed by atoms with van der Waals surface area (Å²) >= 11 is 0. The van der Waals surface area contributed by atoms with E-state index in [2.05, 4.69) is 21.7 Å². The van der Waals surface area contributed by atoms with Gasteiger partial charge in [0, 0.05) is 6.04 Å². The first-order valence-electron chi connectivity index (χ1n) is 5.21. The van der Waals surface area contributed by atoms with Gasteiger partial charge < -0.3 is 4.57 Å². The Labute approximate surface area is 88.0 Å². The highest BCUT2D eigenvalue weighted by Crippen LogP contribution is 2.37. The van der Waals surface area contributed by atoms with Crippen LogP contribution in [0.25, 0.3) is 11.0 Å². The summed E-state index contributed by atoms with van der Waals surface area (Å²) < 4.78 is 2.24. The quantitative estimate of drug-likeness (QED) is 0.742. The Morgan fingerprint density at radius 3 is 3.07 bits per heavy atom. The number of nitrogens with zero attached hydrogens (tertiary/aromatic N) is 3. The molecule has 3 rings (SSSR count). The van der Waals surface area contributed by atoms with Crippen LogP contribution in [0.1, 0.15) is 24.4 Å². The average molecular weight is 197 g/mol. The Hall–Kier alpha value is -1.82. The van der Waals surface area contributed by atoms with Gasteiger partial charge in [-0.2, -0.15) is 5.26 Å². The molecule has 1 fully saturated rings. The van der Waals surface area contributed by atoms with Gasteiger partial charge in [-0.15, -0.1) is 0 Å². The summed E-state index contributed by atoms with van der Waals surface area (Å²) in [6.45, 7) is 0. The molecule has 0 N–H and O–H groups in total. The van der Waals surface area contributed by atoms with E-state index in [1.165, 1.54) is 18.4 Å². The maximum atomic E-state index is 8.62. The van der Waals surface area contributed by atoms with Gasteiger partial charge in [0.15, 0.2) is 0 Å². The zero-order valence-electron chi connectivity index (χ0n) is 8.35. The maximum Gasteiger partial charge on any atom is 0.0960 e. The standard InChI is InChI=1S/C12H11N3/c13-6-5-9-1-4-12-11(7-9)14-8-15(12)10-2-3-10/h1,4,7-8,10H,2-3,5H2. The van der Waals surface area contributed by atoms with E-state index in [4.69, 9.17) is 5.26 Å². The van der Waals surface area contributed by atoms with Crippen molar-refractivity contribution in [2.24, 2.45) is 0 Å². The topological polar surface area (TPSA) is 41.6 Å². The predicted molar refractivity (Wildman–Crippen MR) is 57.3 cm³/mol. The molecule has 1 aromatic carbocycles. The van der Waals surface area contributed by atoms with Crippen molar-refractivity contribution < 1.29 is 0 Å². The summed E-state index contributed by atoms with van der Waals surface area (Å²) in [6.07, 6.45) is 4.92. The van der Waals surface area contributed by atoms with Crippen LogP contribution in [-0.4, -0.2) is 9.55 Å². The van der Waals surface area contributed by atoms with Gasteiger partial charge in [-0.3, -0.25) is 0 Å². The van der Waals surface area contributed by atoms with Gasteiger partial charge >= 0.3 is 0 Å². The third-order valence-electron chi connectivity index (χ3n) is 2.86. The highest BCUT2D eigenvalue weighted by Gasteiger charge is 2.24. The summed E-state index contributed by atoms with van der Waals surface area (Å²) in [4.78, 5) is 4.38. The van der Waals surface area contributed by atoms with Gasteiger partial charge in [0.05, 0.1) is 29.9 Å². The third-order valence-corrected chi connectivity index (χ3v) is 2.86. The lowest BCUT2D eigenvalue weighted by molar-refractivity contribution is 0.766. The molecule has 1 saturated carbocycles. The second-order valence-corrected chi connectivity index (χ2v) is 4.04. The summed E-state index contributed by atoms with van der Waals surface area (Å²) in [6, 6.07) is 8.93. The molecule has 0 radical (unpaired) electrons. The number of imidazole rings is 1. The SMILES string of the molecule is N#CCc1ccc2c(c1)ncn2C1CC1. The Bertz CT molecular complexity index is 543. The van der Waals surface area contributed by atoms with Crippen molar-refractivity contribution >= 4 is 11.0 Å². The van der Waals surface area contributed by atoms with Crippen molar-refractivity contribution in [1.29, 1.82) is 5.26 Å². The van der Waals surface area contributed by atoms with Crippen molar-refractivity contribution in [3.05, 3.63) is 30.1 Å². The first kappa shape index (κ1) is 8.49. The number of hydrogen-bond donors (Lipinski definition) is 0. The highest BCUT2D eigenvalue weighted by atomic mass is 15.1. The summed E-state index contributed by atoms with van der Waals surface area (Å²) in [5.41, 5.74) is 3.25. The molecule has 0 aliphatic heterocycles. The first-order valence-corrected chi connectivity index (χ1v) is 5.21. The molecular weight excluding hydrogens is 186 g/mol. The molecule has 0 atom stereocenters. The lowest BCUT2D eigenvalue weighted by Crippen LogP contribution is -1.90. The minimum atomic E-state index is 0.465. The van der Waals surface area contributed by atoms with Crippen LogP contribution in [0.3, 0.4) is 0 Å². The van der Waals surface area contributed by atoms with Gasteiger partial charge in [-0.25, -0.2) is 4.98 Å². The Kier molecular flexibility index (Phi) is 1.75. The predicted octanol–water partition coefficient (Wildman–Crippen LogP) is 2.44. The van der Waals surface area contributed by atoms with Crippen LogP contribution in [0.5, 0.6) is 0 Å². The second-order valence-electron chi connectivity index (χ2n) is 4.04. The maximum absolute atomic E-state index is 8.62. The Balaban J connectivity index is 2.10. The summed E-state index contributed by atoms with van der Waals surface area (Å²) in [7, 11) is 0. The summed E-state index contributed by atoms with van der Waals surface area (Å²) in [5, 5.41) is 8.62. The lowest BCUT2D eigenvalue weighted by Gasteiger charge is -2.00. The van der Waals surface area contributed by atoms with Crippen molar-refractivity contribution in [1.82, 2.24) is 9.55 Å². The van der Waals surface area contributed by atoms with Gasteiger partial charge in [0.25, 0.3) is 0 Å². The average Bonchev–Trinajstić information content (AvgIpc) is 3.00. The highest BCUT2D eigenvalue weighted by molar-refractivity contribution is 5.76. The van der Waals surface area contributed by atoms with Crippen LogP contribution < -0.4 is 0 Å². The lowest BCUT2D eigenvalue weighted by atomic mass is 10.1. The van der Waals surface area contributed by atoms with Crippen molar-refractivity contribution in [3.63, 3.8) is 0 Å². The second kappa shape index (κ2) is 3.09. The fourth-order valence-electron chi connectivity index (χ4n) is 1.92. The molecule has 1 heterocycles. The van der Waals surface area contributed by atoms with Crippen LogP contribution in [0, 0.1) is 11.3 Å². The molecule has 1 aromatic heterocycles. The fraction of sp³-hybridized carbons (Fsp3) is 0.333. The molecule has 3 heteroatoms. The van der Waals surface area contributed by atoms with E-state index in [0.29, 0.717) is 12.5 Å². The molecule has 74 valence electrons. The third kappa shape index (κ3) is 1.39. The molecule has 0 spiro atoms. The minimum Gasteiger partial charge on any atom is -0.327 e. The Morgan fingerprint density at radius 1 is 1.47 bits per heavy atom. The van der Waals surface area contributed by atoms with Crippen molar-refractivity contribution in [2.75, 3.05) is 0 Å². The number of hydrogen-bond acceptors (Lipinski definition) is 2. The number of nitriles is 1. The molecular formula is C12H11N3. The molecule has 15 heavy (non-hydrogen) atoms. The molecule has 1 aliphatic carbocycles. The van der Waals surface area contributed by atoms with E-state index in [1.807, 2.05) is 18.5 Å². The molecule has 3 nitrogen and oxygen atoms in total. The van der Waals surface area contributed by atoms with Gasteiger partial charge in [0.2, 0.25) is 0 Å². The van der Waals surface area contributed by atoms with Crippen LogP contribution in [0.15, 0.2) is 24.5 Å². The zero-order chi connectivity index (χ0) is 10.3. The van der Waals surface area contributed by atoms with E-state index in [9.17, 15) is 0 Å². The monoisotopic (exact) mass is 197 g/mol. The van der Waals surface area contributed by atoms with Crippen LogP contribution in [0.2, 0.25) is 0 Å². The first-order chi connectivity index (χ1) is 7.38. The van der Waals surface area contributed by atoms with Gasteiger partial charge in [0.1, 0.15) is 0 Å². The van der Waals surface area contributed by atoms with E-state index in [0.717, 1.165) is 11.1 Å². The van der Waals surface area contributed by atoms with E-state index in [1.54, 1.807) is 0 Å². The van der Waals surface area contributed by atoms with Gasteiger partial charge in [-0.05, 0) is 30.5 Å². The normalized spacial score (nSPS) is 15.4. The fourth-order valence-corrected chi connectivity index (χ4v) is 1.92. The molecule has 0 saturated heterocycles. The molecule has 0 amide bonds. The molecule has 0 unspecified atom stereocenters. The largest absolute Gasteiger partial charge is 0.327 e. The van der Waals surface area contributed by atoms with Crippen molar-refractivity contribution in [2.45, 2.75) is 25.3 Å². The zero-order valence-corrected chi connectivity index (χ0v) is 8.35.